The molecule has 0 saturated carbocycles. The first-order chi connectivity index (χ1) is 10.0. The lowest BCUT2D eigenvalue weighted by molar-refractivity contribution is -0.148. The molecule has 1 heterocycles. The number of hydrogen-bond acceptors (Lipinski definition) is 4. The van der Waals surface area contributed by atoms with Crippen molar-refractivity contribution in [2.24, 2.45) is 5.73 Å². The highest BCUT2D eigenvalue weighted by Gasteiger charge is 2.34. The molecule has 2 amide bonds. The van der Waals surface area contributed by atoms with Gasteiger partial charge in [0.15, 0.2) is 6.61 Å². The van der Waals surface area contributed by atoms with Crippen LogP contribution in [0.4, 0.5) is 0 Å². The van der Waals surface area contributed by atoms with Crippen LogP contribution >= 0.6 is 0 Å². The third-order valence-corrected chi connectivity index (χ3v) is 3.36. The van der Waals surface area contributed by atoms with Crippen LogP contribution in [0.5, 0.6) is 5.75 Å². The van der Waals surface area contributed by atoms with Crippen molar-refractivity contribution in [3.8, 4) is 5.75 Å². The second-order valence-corrected chi connectivity index (χ2v) is 4.73. The van der Waals surface area contributed by atoms with Gasteiger partial charge in [0.2, 0.25) is 0 Å². The number of para-hydroxylation sites is 1. The fourth-order valence-electron chi connectivity index (χ4n) is 2.34. The molecule has 3 N–H and O–H groups in total. The maximum absolute atomic E-state index is 12.0. The molecule has 0 bridgehead atoms. The summed E-state index contributed by atoms with van der Waals surface area (Å²) in [6.07, 6.45) is 1.10. The molecular formula is C14H16N2O5. The number of hydrogen-bond donors (Lipinski definition) is 2. The van der Waals surface area contributed by atoms with E-state index in [9.17, 15) is 14.4 Å². The minimum Gasteiger partial charge on any atom is -0.483 e. The molecule has 1 fully saturated rings. The summed E-state index contributed by atoms with van der Waals surface area (Å²) in [7, 11) is 0. The number of nitrogens with two attached hydrogens (primary N) is 1. The van der Waals surface area contributed by atoms with Gasteiger partial charge in [-0.3, -0.25) is 9.59 Å². The molecule has 7 heteroatoms. The highest BCUT2D eigenvalue weighted by atomic mass is 16.5. The molecule has 1 saturated heterocycles. The van der Waals surface area contributed by atoms with Crippen molar-refractivity contribution in [3.63, 3.8) is 0 Å². The van der Waals surface area contributed by atoms with Gasteiger partial charge in [-0.05, 0) is 25.0 Å². The van der Waals surface area contributed by atoms with Crippen molar-refractivity contribution in [1.82, 2.24) is 4.90 Å². The number of benzene rings is 1. The van der Waals surface area contributed by atoms with Crippen LogP contribution in [0.15, 0.2) is 24.3 Å². The van der Waals surface area contributed by atoms with Gasteiger partial charge in [-0.2, -0.15) is 0 Å². The summed E-state index contributed by atoms with van der Waals surface area (Å²) in [5, 5.41) is 9.04. The third-order valence-electron chi connectivity index (χ3n) is 3.36. The molecule has 1 atom stereocenters. The second-order valence-electron chi connectivity index (χ2n) is 4.73. The molecular weight excluding hydrogens is 276 g/mol. The van der Waals surface area contributed by atoms with E-state index in [-0.39, 0.29) is 17.9 Å². The summed E-state index contributed by atoms with van der Waals surface area (Å²) in [6.45, 7) is 0.0741. The first-order valence-electron chi connectivity index (χ1n) is 6.54. The average molecular weight is 292 g/mol. The molecule has 1 aliphatic heterocycles. The number of carboxylic acids is 1. The second kappa shape index (κ2) is 6.25. The number of nitrogens with zero attached hydrogens (tertiary/aromatic N) is 1. The van der Waals surface area contributed by atoms with Gasteiger partial charge >= 0.3 is 5.97 Å². The molecule has 1 aromatic rings. The largest absolute Gasteiger partial charge is 0.483 e. The Morgan fingerprint density at radius 2 is 2.05 bits per heavy atom. The zero-order valence-electron chi connectivity index (χ0n) is 11.3. The van der Waals surface area contributed by atoms with Gasteiger partial charge in [-0.1, -0.05) is 12.1 Å². The minimum atomic E-state index is -1.02. The topological polar surface area (TPSA) is 110 Å². The van der Waals surface area contributed by atoms with E-state index in [1.807, 2.05) is 0 Å². The van der Waals surface area contributed by atoms with Gasteiger partial charge in [-0.15, -0.1) is 0 Å². The molecule has 112 valence electrons. The van der Waals surface area contributed by atoms with Crippen LogP contribution in [-0.4, -0.2) is 47.0 Å². The van der Waals surface area contributed by atoms with Crippen molar-refractivity contribution < 1.29 is 24.2 Å². The summed E-state index contributed by atoms with van der Waals surface area (Å²) in [6, 6.07) is 5.52. The van der Waals surface area contributed by atoms with E-state index in [4.69, 9.17) is 15.6 Å². The Bertz CT molecular complexity index is 572. The molecule has 0 aromatic heterocycles. The third kappa shape index (κ3) is 3.31. The molecule has 1 aliphatic rings. The Morgan fingerprint density at radius 3 is 2.71 bits per heavy atom. The standard InChI is InChI=1S/C14H16N2O5/c15-13(18)9-4-1-2-6-11(9)21-8-12(17)16-7-3-5-10(16)14(19)20/h1-2,4,6,10H,3,5,7-8H2,(H2,15,18)(H,19,20). The van der Waals surface area contributed by atoms with E-state index in [1.165, 1.54) is 17.0 Å². The van der Waals surface area contributed by atoms with E-state index >= 15 is 0 Å². The quantitative estimate of drug-likeness (QED) is 0.807. The predicted octanol–water partition coefficient (Wildman–Crippen LogP) is 0.240. The number of amides is 2. The van der Waals surface area contributed by atoms with Crippen molar-refractivity contribution >= 4 is 17.8 Å². The summed E-state index contributed by atoms with van der Waals surface area (Å²) in [5.41, 5.74) is 5.39. The number of aliphatic carboxylic acids is 1. The summed E-state index contributed by atoms with van der Waals surface area (Å²) < 4.78 is 5.32. The Balaban J connectivity index is 2.02. The Labute approximate surface area is 121 Å². The maximum Gasteiger partial charge on any atom is 0.326 e. The molecule has 1 aromatic carbocycles. The van der Waals surface area contributed by atoms with Gasteiger partial charge in [0.1, 0.15) is 11.8 Å². The summed E-state index contributed by atoms with van der Waals surface area (Å²) in [4.78, 5) is 35.6. The number of likely N-dealkylation sites (tertiary alicyclic amines) is 1. The van der Waals surface area contributed by atoms with Crippen molar-refractivity contribution in [2.45, 2.75) is 18.9 Å². The molecule has 2 rings (SSSR count). The monoisotopic (exact) mass is 292 g/mol. The summed E-state index contributed by atoms with van der Waals surface area (Å²) in [5.74, 6) is -1.87. The van der Waals surface area contributed by atoms with Crippen molar-refractivity contribution in [2.75, 3.05) is 13.2 Å². The van der Waals surface area contributed by atoms with Gasteiger partial charge < -0.3 is 20.5 Å². The highest BCUT2D eigenvalue weighted by molar-refractivity contribution is 5.95. The van der Waals surface area contributed by atoms with Gasteiger partial charge in [-0.25, -0.2) is 4.79 Å². The van der Waals surface area contributed by atoms with Crippen LogP contribution in [0.3, 0.4) is 0 Å². The first kappa shape index (κ1) is 14.8. The van der Waals surface area contributed by atoms with Crippen LogP contribution in [0.25, 0.3) is 0 Å². The number of ether oxygens (including phenoxy) is 1. The molecule has 1 unspecified atom stereocenters. The fraction of sp³-hybridized carbons (Fsp3) is 0.357. The lowest BCUT2D eigenvalue weighted by Crippen LogP contribution is -2.42. The molecule has 0 aliphatic carbocycles. The van der Waals surface area contributed by atoms with Gasteiger partial charge in [0.25, 0.3) is 11.8 Å². The molecule has 0 radical (unpaired) electrons. The molecule has 21 heavy (non-hydrogen) atoms. The number of carboxylic acid groups (broad SMARTS) is 1. The van der Waals surface area contributed by atoms with Crippen molar-refractivity contribution in [3.05, 3.63) is 29.8 Å². The Kier molecular flexibility index (Phi) is 4.42. The Morgan fingerprint density at radius 1 is 1.33 bits per heavy atom. The van der Waals surface area contributed by atoms with Crippen LogP contribution in [-0.2, 0) is 9.59 Å². The molecule has 0 spiro atoms. The van der Waals surface area contributed by atoms with E-state index in [2.05, 4.69) is 0 Å². The number of carbonyl (C=O) groups excluding carboxylic acids is 2. The van der Waals surface area contributed by atoms with Crippen LogP contribution in [0.2, 0.25) is 0 Å². The van der Waals surface area contributed by atoms with E-state index < -0.39 is 23.8 Å². The minimum absolute atomic E-state index is 0.182. The van der Waals surface area contributed by atoms with E-state index in [0.717, 1.165) is 0 Å². The van der Waals surface area contributed by atoms with Gasteiger partial charge in [0, 0.05) is 6.54 Å². The maximum atomic E-state index is 12.0. The fourth-order valence-corrected chi connectivity index (χ4v) is 2.34. The SMILES string of the molecule is NC(=O)c1ccccc1OCC(=O)N1CCCC1C(=O)O. The van der Waals surface area contributed by atoms with Gasteiger partial charge in [0.05, 0.1) is 5.56 Å². The highest BCUT2D eigenvalue weighted by Crippen LogP contribution is 2.20. The average Bonchev–Trinajstić information content (AvgIpc) is 2.94. The number of primary amides is 1. The van der Waals surface area contributed by atoms with E-state index in [1.54, 1.807) is 12.1 Å². The molecule has 7 nitrogen and oxygen atoms in total. The zero-order chi connectivity index (χ0) is 15.4. The smallest absolute Gasteiger partial charge is 0.326 e. The first-order valence-corrected chi connectivity index (χ1v) is 6.54. The number of carbonyl (C=O) groups is 3. The predicted molar refractivity (Wildman–Crippen MR) is 72.8 cm³/mol. The van der Waals surface area contributed by atoms with Crippen LogP contribution in [0.1, 0.15) is 23.2 Å². The number of rotatable bonds is 5. The lowest BCUT2D eigenvalue weighted by atomic mass is 10.2. The van der Waals surface area contributed by atoms with E-state index in [0.29, 0.717) is 19.4 Å². The van der Waals surface area contributed by atoms with Crippen LogP contribution < -0.4 is 10.5 Å². The normalized spacial score (nSPS) is 17.5. The zero-order valence-corrected chi connectivity index (χ0v) is 11.3. The lowest BCUT2D eigenvalue weighted by Gasteiger charge is -2.21. The van der Waals surface area contributed by atoms with Crippen LogP contribution in [0, 0.1) is 0 Å². The van der Waals surface area contributed by atoms with Crippen molar-refractivity contribution in [1.29, 1.82) is 0 Å². The summed E-state index contributed by atoms with van der Waals surface area (Å²) >= 11 is 0. The Hall–Kier alpha value is -2.57.